The zero-order valence-electron chi connectivity index (χ0n) is 17.3. The largest absolute Gasteiger partial charge is 0.493 e. The molecule has 0 saturated heterocycles. The van der Waals surface area contributed by atoms with Crippen molar-refractivity contribution in [3.8, 4) is 11.5 Å². The van der Waals surface area contributed by atoms with Crippen molar-refractivity contribution in [1.82, 2.24) is 5.32 Å². The number of rotatable bonds is 10. The van der Waals surface area contributed by atoms with Gasteiger partial charge in [0.2, 0.25) is 0 Å². The molecule has 0 aliphatic heterocycles. The van der Waals surface area contributed by atoms with Gasteiger partial charge in [-0.05, 0) is 47.4 Å². The number of nitrogens with one attached hydrogen (secondary N) is 1. The van der Waals surface area contributed by atoms with Crippen molar-refractivity contribution in [1.29, 1.82) is 0 Å². The minimum absolute atomic E-state index is 0.273. The van der Waals surface area contributed by atoms with Gasteiger partial charge in [0, 0.05) is 12.6 Å². The molecule has 3 aromatic carbocycles. The summed E-state index contributed by atoms with van der Waals surface area (Å²) in [6.45, 7) is 3.12. The molecule has 3 aromatic rings. The SMILES string of the molecule is CCCC(NCc1cc(Cl)c(OCc2ccc(F)cc2)c(OC)c1)c1ccccc1. The van der Waals surface area contributed by atoms with E-state index in [0.717, 1.165) is 24.0 Å². The maximum Gasteiger partial charge on any atom is 0.180 e. The lowest BCUT2D eigenvalue weighted by molar-refractivity contribution is 0.284. The third kappa shape index (κ3) is 5.97. The lowest BCUT2D eigenvalue weighted by atomic mass is 10.0. The van der Waals surface area contributed by atoms with E-state index < -0.39 is 0 Å². The van der Waals surface area contributed by atoms with E-state index in [1.807, 2.05) is 18.2 Å². The summed E-state index contributed by atoms with van der Waals surface area (Å²) in [7, 11) is 1.59. The summed E-state index contributed by atoms with van der Waals surface area (Å²) >= 11 is 6.51. The molecule has 0 saturated carbocycles. The number of hydrogen-bond donors (Lipinski definition) is 1. The van der Waals surface area contributed by atoms with Gasteiger partial charge >= 0.3 is 0 Å². The van der Waals surface area contributed by atoms with Crippen LogP contribution in [0.2, 0.25) is 5.02 Å². The number of hydrogen-bond acceptors (Lipinski definition) is 3. The van der Waals surface area contributed by atoms with Crippen molar-refractivity contribution in [3.05, 3.63) is 94.3 Å². The van der Waals surface area contributed by atoms with Gasteiger partial charge in [-0.15, -0.1) is 0 Å². The first-order chi connectivity index (χ1) is 14.6. The van der Waals surface area contributed by atoms with Crippen LogP contribution in [0.1, 0.15) is 42.5 Å². The van der Waals surface area contributed by atoms with Crippen LogP contribution in [0, 0.1) is 5.82 Å². The van der Waals surface area contributed by atoms with Crippen LogP contribution in [0.4, 0.5) is 4.39 Å². The third-order valence-corrected chi connectivity index (χ3v) is 5.20. The van der Waals surface area contributed by atoms with E-state index in [2.05, 4.69) is 36.5 Å². The van der Waals surface area contributed by atoms with Gasteiger partial charge < -0.3 is 14.8 Å². The maximum absolute atomic E-state index is 13.1. The number of ether oxygens (including phenoxy) is 2. The monoisotopic (exact) mass is 427 g/mol. The normalized spacial score (nSPS) is 11.9. The molecule has 0 spiro atoms. The predicted octanol–water partition coefficient (Wildman–Crippen LogP) is 6.70. The highest BCUT2D eigenvalue weighted by Crippen LogP contribution is 2.37. The topological polar surface area (TPSA) is 30.5 Å². The second-order valence-electron chi connectivity index (χ2n) is 7.16. The van der Waals surface area contributed by atoms with Gasteiger partial charge in [0.1, 0.15) is 12.4 Å². The van der Waals surface area contributed by atoms with E-state index in [9.17, 15) is 4.39 Å². The zero-order chi connectivity index (χ0) is 21.3. The van der Waals surface area contributed by atoms with Gasteiger partial charge in [-0.2, -0.15) is 0 Å². The van der Waals surface area contributed by atoms with E-state index >= 15 is 0 Å². The fourth-order valence-electron chi connectivity index (χ4n) is 3.35. The molecule has 1 N–H and O–H groups in total. The van der Waals surface area contributed by atoms with Crippen LogP contribution in [0.5, 0.6) is 11.5 Å². The molecule has 0 amide bonds. The average Bonchev–Trinajstić information content (AvgIpc) is 2.77. The second kappa shape index (κ2) is 11.0. The van der Waals surface area contributed by atoms with Crippen molar-refractivity contribution in [2.75, 3.05) is 7.11 Å². The third-order valence-electron chi connectivity index (χ3n) is 4.92. The van der Waals surface area contributed by atoms with Crippen LogP contribution in [-0.2, 0) is 13.2 Å². The minimum atomic E-state index is -0.275. The van der Waals surface area contributed by atoms with Gasteiger partial charge in [0.25, 0.3) is 0 Å². The molecule has 0 fully saturated rings. The predicted molar refractivity (Wildman–Crippen MR) is 120 cm³/mol. The van der Waals surface area contributed by atoms with Gasteiger partial charge in [-0.25, -0.2) is 4.39 Å². The van der Waals surface area contributed by atoms with Crippen LogP contribution < -0.4 is 14.8 Å². The Morgan fingerprint density at radius 2 is 1.73 bits per heavy atom. The van der Waals surface area contributed by atoms with E-state index in [-0.39, 0.29) is 18.5 Å². The molecule has 0 aliphatic rings. The molecule has 3 rings (SSSR count). The Kier molecular flexibility index (Phi) is 8.12. The zero-order valence-corrected chi connectivity index (χ0v) is 18.1. The Morgan fingerprint density at radius 3 is 2.40 bits per heavy atom. The highest BCUT2D eigenvalue weighted by molar-refractivity contribution is 6.32. The average molecular weight is 428 g/mol. The molecular weight excluding hydrogens is 401 g/mol. The molecule has 1 atom stereocenters. The van der Waals surface area contributed by atoms with Crippen molar-refractivity contribution in [2.24, 2.45) is 0 Å². The summed E-state index contributed by atoms with van der Waals surface area (Å²) in [4.78, 5) is 0. The molecule has 0 heterocycles. The van der Waals surface area contributed by atoms with E-state index in [4.69, 9.17) is 21.1 Å². The molecule has 158 valence electrons. The van der Waals surface area contributed by atoms with Gasteiger partial charge in [-0.3, -0.25) is 0 Å². The Balaban J connectivity index is 1.70. The van der Waals surface area contributed by atoms with Crippen molar-refractivity contribution in [2.45, 2.75) is 39.0 Å². The Morgan fingerprint density at radius 1 is 1.00 bits per heavy atom. The number of benzene rings is 3. The summed E-state index contributed by atoms with van der Waals surface area (Å²) in [6.07, 6.45) is 2.14. The lowest BCUT2D eigenvalue weighted by Gasteiger charge is -2.20. The first-order valence-electron chi connectivity index (χ1n) is 10.1. The van der Waals surface area contributed by atoms with Crippen LogP contribution in [0.3, 0.4) is 0 Å². The van der Waals surface area contributed by atoms with Crippen LogP contribution in [-0.4, -0.2) is 7.11 Å². The summed E-state index contributed by atoms with van der Waals surface area (Å²) in [5.41, 5.74) is 3.14. The summed E-state index contributed by atoms with van der Waals surface area (Å²) in [6, 6.07) is 20.7. The van der Waals surface area contributed by atoms with E-state index in [1.165, 1.54) is 17.7 Å². The molecular formula is C25H27ClFNO2. The standard InChI is InChI=1S/C25H27ClFNO2/c1-3-7-23(20-8-5-4-6-9-20)28-16-19-14-22(26)25(24(15-19)29-2)30-17-18-10-12-21(27)13-11-18/h4-6,8-15,23,28H,3,7,16-17H2,1-2H3. The lowest BCUT2D eigenvalue weighted by Crippen LogP contribution is -2.20. The Labute approximate surface area is 182 Å². The smallest absolute Gasteiger partial charge is 0.180 e. The van der Waals surface area contributed by atoms with Gasteiger partial charge in [0.15, 0.2) is 11.5 Å². The highest BCUT2D eigenvalue weighted by Gasteiger charge is 2.14. The van der Waals surface area contributed by atoms with Gasteiger partial charge in [-0.1, -0.05) is 67.4 Å². The Hall–Kier alpha value is -2.56. The van der Waals surface area contributed by atoms with Crippen molar-refractivity contribution < 1.29 is 13.9 Å². The number of methoxy groups -OCH3 is 1. The van der Waals surface area contributed by atoms with Crippen LogP contribution in [0.25, 0.3) is 0 Å². The summed E-state index contributed by atoms with van der Waals surface area (Å²) < 4.78 is 24.5. The minimum Gasteiger partial charge on any atom is -0.493 e. The Bertz CT molecular complexity index is 932. The summed E-state index contributed by atoms with van der Waals surface area (Å²) in [5, 5.41) is 4.11. The number of halogens is 2. The van der Waals surface area contributed by atoms with Crippen molar-refractivity contribution >= 4 is 11.6 Å². The van der Waals surface area contributed by atoms with Crippen LogP contribution in [0.15, 0.2) is 66.7 Å². The van der Waals surface area contributed by atoms with Crippen LogP contribution >= 0.6 is 11.6 Å². The fraction of sp³-hybridized carbons (Fsp3) is 0.280. The molecule has 1 unspecified atom stereocenters. The molecule has 0 radical (unpaired) electrons. The second-order valence-corrected chi connectivity index (χ2v) is 7.56. The molecule has 0 aliphatic carbocycles. The first-order valence-corrected chi connectivity index (χ1v) is 10.5. The first kappa shape index (κ1) is 22.1. The molecule has 0 aromatic heterocycles. The quantitative estimate of drug-likeness (QED) is 0.390. The van der Waals surface area contributed by atoms with Gasteiger partial charge in [0.05, 0.1) is 12.1 Å². The molecule has 30 heavy (non-hydrogen) atoms. The van der Waals surface area contributed by atoms with E-state index in [1.54, 1.807) is 19.2 Å². The van der Waals surface area contributed by atoms with Crippen molar-refractivity contribution in [3.63, 3.8) is 0 Å². The molecule has 3 nitrogen and oxygen atoms in total. The molecule has 0 bridgehead atoms. The summed E-state index contributed by atoms with van der Waals surface area (Å²) in [5.74, 6) is 0.789. The fourth-order valence-corrected chi connectivity index (χ4v) is 3.64. The maximum atomic E-state index is 13.1. The molecule has 5 heteroatoms. The van der Waals surface area contributed by atoms with E-state index in [0.29, 0.717) is 23.1 Å². The highest BCUT2D eigenvalue weighted by atomic mass is 35.5.